The number of nitrogens with one attached hydrogen (secondary N) is 3. The number of Topliss-reactive ketones (excluding diaryl/α,β-unsaturated/α-hetero) is 1. The predicted molar refractivity (Wildman–Crippen MR) is 224 cm³/mol. The molecule has 0 aliphatic carbocycles. The van der Waals surface area contributed by atoms with Crippen LogP contribution in [0.2, 0.25) is 0 Å². The number of aromatic amines is 1. The maximum Gasteiger partial charge on any atom is 0.295 e. The first-order valence-electron chi connectivity index (χ1n) is 20.2. The van der Waals surface area contributed by atoms with E-state index in [0.29, 0.717) is 88.3 Å². The van der Waals surface area contributed by atoms with Crippen LogP contribution in [0.4, 0.5) is 0 Å². The SMILES string of the molecule is C#CCOCCOCCOCCOCCC(=O)NCCC[C@@H](CO)NC(=O)c1ncn(-c2ncc(OC)c3c(C(=O)C(=O)N4CCC(=C(C#N)c5ccccc5)CC4)c[nH]c23)n1. The largest absolute Gasteiger partial charge is 0.494 e. The van der Waals surface area contributed by atoms with E-state index in [9.17, 15) is 29.5 Å². The van der Waals surface area contributed by atoms with Crippen molar-refractivity contribution in [3.63, 3.8) is 0 Å². The molecule has 4 N–H and O–H groups in total. The van der Waals surface area contributed by atoms with Crippen molar-refractivity contribution in [2.45, 2.75) is 38.1 Å². The third-order valence-corrected chi connectivity index (χ3v) is 9.79. The number of aliphatic hydroxyl groups excluding tert-OH is 1. The number of rotatable bonds is 25. The minimum atomic E-state index is -0.749. The second kappa shape index (κ2) is 24.7. The molecule has 1 aliphatic rings. The normalized spacial score (nSPS) is 13.0. The van der Waals surface area contributed by atoms with Gasteiger partial charge in [-0.3, -0.25) is 19.2 Å². The number of ketones is 1. The zero-order valence-electron chi connectivity index (χ0n) is 34.6. The number of aromatic nitrogens is 5. The van der Waals surface area contributed by atoms with Crippen LogP contribution in [0.25, 0.3) is 22.3 Å². The molecule has 4 aromatic rings. The third kappa shape index (κ3) is 13.0. The maximum absolute atomic E-state index is 13.7. The van der Waals surface area contributed by atoms with E-state index in [1.807, 2.05) is 30.3 Å². The molecule has 1 saturated heterocycles. The van der Waals surface area contributed by atoms with Crippen molar-refractivity contribution in [2.24, 2.45) is 0 Å². The average Bonchev–Trinajstić information content (AvgIpc) is 3.98. The zero-order valence-corrected chi connectivity index (χ0v) is 34.6. The number of H-pyrrole nitrogens is 1. The molecule has 0 bridgehead atoms. The summed E-state index contributed by atoms with van der Waals surface area (Å²) in [6, 6.07) is 11.0. The first kappa shape index (κ1) is 46.6. The molecule has 1 atom stereocenters. The van der Waals surface area contributed by atoms with Gasteiger partial charge in [-0.05, 0) is 36.8 Å². The highest BCUT2D eigenvalue weighted by atomic mass is 16.6. The Balaban J connectivity index is 1.07. The van der Waals surface area contributed by atoms with Gasteiger partial charge in [0.05, 0.1) is 100 Å². The van der Waals surface area contributed by atoms with Gasteiger partial charge < -0.3 is 49.3 Å². The van der Waals surface area contributed by atoms with E-state index in [4.69, 9.17) is 30.1 Å². The number of fused-ring (bicyclic) bond motifs is 1. The molecule has 4 heterocycles. The Bertz CT molecular complexity index is 2230. The van der Waals surface area contributed by atoms with E-state index in [0.717, 1.165) is 11.1 Å². The number of hydrogen-bond donors (Lipinski definition) is 4. The van der Waals surface area contributed by atoms with Gasteiger partial charge in [0.25, 0.3) is 17.6 Å². The Morgan fingerprint density at radius 1 is 0.984 bits per heavy atom. The van der Waals surface area contributed by atoms with Gasteiger partial charge in [0.1, 0.15) is 18.7 Å². The summed E-state index contributed by atoms with van der Waals surface area (Å²) >= 11 is 0. The van der Waals surface area contributed by atoms with Gasteiger partial charge >= 0.3 is 0 Å². The molecule has 19 heteroatoms. The summed E-state index contributed by atoms with van der Waals surface area (Å²) in [6.07, 6.45) is 11.1. The quantitative estimate of drug-likeness (QED) is 0.0245. The van der Waals surface area contributed by atoms with E-state index in [1.54, 1.807) is 0 Å². The molecule has 0 unspecified atom stereocenters. The number of hydrogen-bond acceptors (Lipinski definition) is 14. The van der Waals surface area contributed by atoms with Gasteiger partial charge in [0, 0.05) is 32.3 Å². The first-order valence-corrected chi connectivity index (χ1v) is 20.2. The van der Waals surface area contributed by atoms with Crippen molar-refractivity contribution in [3.8, 4) is 30.0 Å². The monoisotopic (exact) mass is 853 g/mol. The van der Waals surface area contributed by atoms with Crippen LogP contribution in [-0.2, 0) is 28.5 Å². The van der Waals surface area contributed by atoms with Crippen LogP contribution in [0, 0.1) is 23.7 Å². The fourth-order valence-corrected chi connectivity index (χ4v) is 6.60. The number of allylic oxidation sites excluding steroid dienone is 1. The molecule has 0 radical (unpaired) electrons. The molecule has 19 nitrogen and oxygen atoms in total. The van der Waals surface area contributed by atoms with Crippen LogP contribution in [0.15, 0.2) is 54.6 Å². The summed E-state index contributed by atoms with van der Waals surface area (Å²) in [5.41, 5.74) is 2.72. The lowest BCUT2D eigenvalue weighted by Gasteiger charge is -2.28. The summed E-state index contributed by atoms with van der Waals surface area (Å²) in [6.45, 7) is 3.41. The summed E-state index contributed by atoms with van der Waals surface area (Å²) in [5, 5.41) is 29.9. The number of aliphatic hydroxyl groups is 1. The molecule has 5 rings (SSSR count). The highest BCUT2D eigenvalue weighted by Gasteiger charge is 2.30. The van der Waals surface area contributed by atoms with Gasteiger partial charge in [-0.15, -0.1) is 11.5 Å². The lowest BCUT2D eigenvalue weighted by molar-refractivity contribution is -0.126. The molecule has 1 aromatic carbocycles. The number of likely N-dealkylation sites (tertiary alicyclic amines) is 1. The number of nitriles is 1. The van der Waals surface area contributed by atoms with E-state index in [2.05, 4.69) is 42.7 Å². The fourth-order valence-electron chi connectivity index (χ4n) is 6.60. The van der Waals surface area contributed by atoms with Crippen LogP contribution >= 0.6 is 0 Å². The number of carbonyl (C=O) groups excluding carboxylic acids is 4. The Labute approximate surface area is 358 Å². The van der Waals surface area contributed by atoms with Gasteiger partial charge in [-0.25, -0.2) is 9.97 Å². The molecule has 3 amide bonds. The number of ether oxygens (including phenoxy) is 5. The van der Waals surface area contributed by atoms with Crippen LogP contribution in [0.1, 0.15) is 58.6 Å². The Kier molecular flexibility index (Phi) is 18.6. The van der Waals surface area contributed by atoms with E-state index < -0.39 is 23.6 Å². The molecule has 1 fully saturated rings. The average molecular weight is 854 g/mol. The molecule has 3 aromatic heterocycles. The topological polar surface area (TPSA) is 245 Å². The van der Waals surface area contributed by atoms with Gasteiger partial charge in [0.2, 0.25) is 11.7 Å². The Morgan fingerprint density at radius 2 is 1.68 bits per heavy atom. The van der Waals surface area contributed by atoms with Crippen LogP contribution in [0.3, 0.4) is 0 Å². The molecule has 0 saturated carbocycles. The van der Waals surface area contributed by atoms with Crippen molar-refractivity contribution in [3.05, 3.63) is 71.6 Å². The fraction of sp³-hybridized carbons (Fsp3) is 0.442. The minimum Gasteiger partial charge on any atom is -0.494 e. The summed E-state index contributed by atoms with van der Waals surface area (Å²) in [5.74, 6) is 0.318. The molecule has 0 spiro atoms. The molecule has 62 heavy (non-hydrogen) atoms. The lowest BCUT2D eigenvalue weighted by atomic mass is 9.93. The predicted octanol–water partition coefficient (Wildman–Crippen LogP) is 2.01. The summed E-state index contributed by atoms with van der Waals surface area (Å²) in [7, 11) is 1.42. The van der Waals surface area contributed by atoms with Gasteiger partial charge in [-0.1, -0.05) is 36.3 Å². The summed E-state index contributed by atoms with van der Waals surface area (Å²) in [4.78, 5) is 65.6. The Hall–Kier alpha value is -6.48. The highest BCUT2D eigenvalue weighted by Crippen LogP contribution is 2.32. The molecule has 1 aliphatic heterocycles. The number of piperidine rings is 1. The maximum atomic E-state index is 13.7. The van der Waals surface area contributed by atoms with Crippen LogP contribution in [0.5, 0.6) is 5.75 Å². The standard InChI is InChI=1S/C43H51N9O10/c1-3-17-59-19-21-61-23-24-62-22-20-60-18-13-36(54)45-14-7-10-32(28-53)49-42(56)40-48-29-52(50-40)41-38-37(35(58-2)27-47-41)34(26-46-38)39(55)43(57)51-15-11-31(12-16-51)33(25-44)30-8-5-4-6-9-30/h1,4-6,8-9,26-27,29,32,46,53H,7,10-24,28H2,2H3,(H,45,54)(H,49,56)/t32-/m0/s1. The number of nitrogens with zero attached hydrogens (tertiary/aromatic N) is 6. The third-order valence-electron chi connectivity index (χ3n) is 9.79. The van der Waals surface area contributed by atoms with Crippen LogP contribution < -0.4 is 15.4 Å². The summed E-state index contributed by atoms with van der Waals surface area (Å²) < 4.78 is 28.1. The molecular formula is C43H51N9O10. The lowest BCUT2D eigenvalue weighted by Crippen LogP contribution is -2.40. The van der Waals surface area contributed by atoms with Crippen molar-refractivity contribution >= 4 is 40.0 Å². The molecule has 328 valence electrons. The number of pyridine rings is 1. The van der Waals surface area contributed by atoms with E-state index >= 15 is 0 Å². The highest BCUT2D eigenvalue weighted by molar-refractivity contribution is 6.45. The van der Waals surface area contributed by atoms with Gasteiger partial charge in [-0.2, -0.15) is 9.94 Å². The second-order valence-corrected chi connectivity index (χ2v) is 13.9. The number of carbonyl (C=O) groups is 4. The van der Waals surface area contributed by atoms with Crippen molar-refractivity contribution in [2.75, 3.05) is 86.2 Å². The van der Waals surface area contributed by atoms with E-state index in [1.165, 1.54) is 35.4 Å². The van der Waals surface area contributed by atoms with Crippen molar-refractivity contribution in [1.82, 2.24) is 40.3 Å². The van der Waals surface area contributed by atoms with Crippen LogP contribution in [-0.4, -0.2) is 150 Å². The zero-order chi connectivity index (χ0) is 44.1. The van der Waals surface area contributed by atoms with Gasteiger partial charge in [0.15, 0.2) is 5.82 Å². The number of amides is 3. The number of benzene rings is 1. The van der Waals surface area contributed by atoms with Crippen molar-refractivity contribution in [1.29, 1.82) is 5.26 Å². The van der Waals surface area contributed by atoms with Crippen molar-refractivity contribution < 1.29 is 48.0 Å². The minimum absolute atomic E-state index is 0.0709. The number of methoxy groups -OCH3 is 1. The smallest absolute Gasteiger partial charge is 0.295 e. The second-order valence-electron chi connectivity index (χ2n) is 13.9. The Morgan fingerprint density at radius 3 is 2.34 bits per heavy atom. The molecular weight excluding hydrogens is 803 g/mol. The first-order chi connectivity index (χ1) is 30.3. The van der Waals surface area contributed by atoms with E-state index in [-0.39, 0.29) is 68.2 Å². The number of terminal acetylenes is 1.